The number of rotatable bonds is 5. The summed E-state index contributed by atoms with van der Waals surface area (Å²) in [4.78, 5) is 17.0. The van der Waals surface area contributed by atoms with Crippen molar-refractivity contribution in [1.82, 2.24) is 10.3 Å². The van der Waals surface area contributed by atoms with Gasteiger partial charge < -0.3 is 14.5 Å². The van der Waals surface area contributed by atoms with E-state index < -0.39 is 5.91 Å². The first-order chi connectivity index (χ1) is 15.4. The third-order valence-electron chi connectivity index (χ3n) is 4.36. The number of thiocarbonyl (C=S) groups is 1. The molecule has 0 bridgehead atoms. The van der Waals surface area contributed by atoms with E-state index in [2.05, 4.69) is 15.6 Å². The Kier molecular flexibility index (Phi) is 6.76. The minimum atomic E-state index is -0.495. The number of nitrogens with one attached hydrogen (secondary N) is 2. The summed E-state index contributed by atoms with van der Waals surface area (Å²) in [6.45, 7) is 0. The first kappa shape index (κ1) is 22.3. The first-order valence-electron chi connectivity index (χ1n) is 9.20. The van der Waals surface area contributed by atoms with Crippen LogP contribution in [0.15, 0.2) is 64.4 Å². The lowest BCUT2D eigenvalue weighted by atomic mass is 10.2. The lowest BCUT2D eigenvalue weighted by Crippen LogP contribution is -2.33. The van der Waals surface area contributed by atoms with Gasteiger partial charge in [0.15, 0.2) is 16.0 Å². The molecule has 4 aromatic rings. The molecule has 0 aliphatic heterocycles. The Morgan fingerprint density at radius 1 is 1.12 bits per heavy atom. The standard InChI is InChI=1S/C22H15Cl2N3O3S2/c1-29-14-5-2-12(3-6-14)17-11-32-22(25-17)27-21(31)26-20(28)19-9-8-18(30-19)15-7-4-13(23)10-16(15)24/h2-11H,1H3,(H2,25,26,27,28,31). The van der Waals surface area contributed by atoms with Crippen molar-refractivity contribution in [3.05, 3.63) is 75.8 Å². The Morgan fingerprint density at radius 3 is 2.62 bits per heavy atom. The number of carbonyl (C=O) groups excluding carboxylic acids is 1. The molecule has 0 radical (unpaired) electrons. The molecule has 0 atom stereocenters. The van der Waals surface area contributed by atoms with Crippen LogP contribution >= 0.6 is 46.8 Å². The van der Waals surface area contributed by atoms with Crippen molar-refractivity contribution >= 4 is 62.9 Å². The topological polar surface area (TPSA) is 76.4 Å². The van der Waals surface area contributed by atoms with Crippen LogP contribution in [-0.4, -0.2) is 23.1 Å². The van der Waals surface area contributed by atoms with Crippen LogP contribution in [0.2, 0.25) is 10.0 Å². The van der Waals surface area contributed by atoms with Crippen molar-refractivity contribution < 1.29 is 13.9 Å². The van der Waals surface area contributed by atoms with Crippen LogP contribution in [0, 0.1) is 0 Å². The minimum Gasteiger partial charge on any atom is -0.497 e. The average Bonchev–Trinajstić information content (AvgIpc) is 3.44. The van der Waals surface area contributed by atoms with Crippen LogP contribution in [0.3, 0.4) is 0 Å². The monoisotopic (exact) mass is 503 g/mol. The predicted molar refractivity (Wildman–Crippen MR) is 132 cm³/mol. The zero-order valence-corrected chi connectivity index (χ0v) is 19.7. The number of hydrogen-bond donors (Lipinski definition) is 2. The normalized spacial score (nSPS) is 10.6. The van der Waals surface area contributed by atoms with Crippen molar-refractivity contribution in [1.29, 1.82) is 0 Å². The Balaban J connectivity index is 1.39. The maximum atomic E-state index is 12.5. The van der Waals surface area contributed by atoms with Crippen LogP contribution in [0.4, 0.5) is 5.13 Å². The summed E-state index contributed by atoms with van der Waals surface area (Å²) in [5.41, 5.74) is 2.35. The SMILES string of the molecule is COc1ccc(-c2csc(NC(=S)NC(=O)c3ccc(-c4ccc(Cl)cc4Cl)o3)n2)cc1. The Labute approximate surface area is 203 Å². The van der Waals surface area contributed by atoms with E-state index in [4.69, 9.17) is 44.6 Å². The molecule has 0 unspecified atom stereocenters. The number of aromatic nitrogens is 1. The summed E-state index contributed by atoms with van der Waals surface area (Å²) < 4.78 is 10.8. The first-order valence-corrected chi connectivity index (χ1v) is 11.2. The summed E-state index contributed by atoms with van der Waals surface area (Å²) in [6, 6.07) is 15.8. The molecule has 2 aromatic heterocycles. The minimum absolute atomic E-state index is 0.0910. The van der Waals surface area contributed by atoms with E-state index in [1.807, 2.05) is 29.6 Å². The predicted octanol–water partition coefficient (Wildman–Crippen LogP) is 6.51. The highest BCUT2D eigenvalue weighted by Gasteiger charge is 2.16. The molecule has 0 aliphatic carbocycles. The highest BCUT2D eigenvalue weighted by atomic mass is 35.5. The second-order valence-electron chi connectivity index (χ2n) is 6.46. The molecule has 0 fully saturated rings. The Morgan fingerprint density at radius 2 is 1.91 bits per heavy atom. The highest BCUT2D eigenvalue weighted by molar-refractivity contribution is 7.80. The molecule has 2 heterocycles. The smallest absolute Gasteiger partial charge is 0.293 e. The van der Waals surface area contributed by atoms with Crippen molar-refractivity contribution in [3.8, 4) is 28.3 Å². The van der Waals surface area contributed by atoms with E-state index in [-0.39, 0.29) is 10.9 Å². The molecule has 0 spiro atoms. The third-order valence-corrected chi connectivity index (χ3v) is 5.87. The van der Waals surface area contributed by atoms with Crippen molar-refractivity contribution in [2.24, 2.45) is 0 Å². The summed E-state index contributed by atoms with van der Waals surface area (Å²) >= 11 is 18.7. The maximum absolute atomic E-state index is 12.5. The second kappa shape index (κ2) is 9.70. The molecule has 0 saturated carbocycles. The van der Waals surface area contributed by atoms with E-state index in [9.17, 15) is 4.79 Å². The molecule has 32 heavy (non-hydrogen) atoms. The number of amides is 1. The molecule has 1 amide bonds. The lowest BCUT2D eigenvalue weighted by Gasteiger charge is -2.06. The second-order valence-corrected chi connectivity index (χ2v) is 8.57. The van der Waals surface area contributed by atoms with Gasteiger partial charge in [0.1, 0.15) is 11.5 Å². The molecule has 4 rings (SSSR count). The van der Waals surface area contributed by atoms with Gasteiger partial charge in [-0.1, -0.05) is 23.2 Å². The van der Waals surface area contributed by atoms with E-state index >= 15 is 0 Å². The molecule has 2 N–H and O–H groups in total. The maximum Gasteiger partial charge on any atom is 0.293 e. The number of anilines is 1. The summed E-state index contributed by atoms with van der Waals surface area (Å²) in [6.07, 6.45) is 0. The van der Waals surface area contributed by atoms with Gasteiger partial charge in [0, 0.05) is 21.5 Å². The molecular weight excluding hydrogens is 489 g/mol. The molecule has 0 aliphatic rings. The van der Waals surface area contributed by atoms with Gasteiger partial charge in [-0.15, -0.1) is 11.3 Å². The van der Waals surface area contributed by atoms with Gasteiger partial charge >= 0.3 is 0 Å². The zero-order chi connectivity index (χ0) is 22.7. The quantitative estimate of drug-likeness (QED) is 0.302. The fraction of sp³-hybridized carbons (Fsp3) is 0.0455. The number of methoxy groups -OCH3 is 1. The zero-order valence-electron chi connectivity index (χ0n) is 16.5. The summed E-state index contributed by atoms with van der Waals surface area (Å²) in [5, 5.41) is 8.98. The molecular formula is C22H15Cl2N3O3S2. The highest BCUT2D eigenvalue weighted by Crippen LogP contribution is 2.31. The largest absolute Gasteiger partial charge is 0.497 e. The molecule has 0 saturated heterocycles. The molecule has 162 valence electrons. The van der Waals surface area contributed by atoms with Gasteiger partial charge in [0.25, 0.3) is 5.91 Å². The number of halogens is 2. The van der Waals surface area contributed by atoms with Crippen LogP contribution < -0.4 is 15.4 Å². The van der Waals surface area contributed by atoms with Gasteiger partial charge in [-0.3, -0.25) is 10.1 Å². The van der Waals surface area contributed by atoms with E-state index in [1.54, 1.807) is 37.4 Å². The van der Waals surface area contributed by atoms with Crippen molar-refractivity contribution in [2.75, 3.05) is 12.4 Å². The van der Waals surface area contributed by atoms with Gasteiger partial charge in [-0.2, -0.15) is 0 Å². The Bertz CT molecular complexity index is 1290. The van der Waals surface area contributed by atoms with Gasteiger partial charge in [0.05, 0.1) is 17.8 Å². The number of nitrogens with zero attached hydrogens (tertiary/aromatic N) is 1. The average molecular weight is 504 g/mol. The van der Waals surface area contributed by atoms with Crippen LogP contribution in [0.5, 0.6) is 5.75 Å². The third kappa shape index (κ3) is 5.11. The molecule has 6 nitrogen and oxygen atoms in total. The number of hydrogen-bond acceptors (Lipinski definition) is 6. The van der Waals surface area contributed by atoms with E-state index in [0.29, 0.717) is 26.5 Å². The van der Waals surface area contributed by atoms with Crippen LogP contribution in [0.1, 0.15) is 10.6 Å². The van der Waals surface area contributed by atoms with Crippen molar-refractivity contribution in [2.45, 2.75) is 0 Å². The number of furan rings is 1. The van der Waals surface area contributed by atoms with Gasteiger partial charge in [-0.25, -0.2) is 4.98 Å². The molecule has 2 aromatic carbocycles. The van der Waals surface area contributed by atoms with Crippen molar-refractivity contribution in [3.63, 3.8) is 0 Å². The van der Waals surface area contributed by atoms with Gasteiger partial charge in [0.2, 0.25) is 0 Å². The number of carbonyl (C=O) groups is 1. The van der Waals surface area contributed by atoms with Crippen LogP contribution in [0.25, 0.3) is 22.6 Å². The fourth-order valence-electron chi connectivity index (χ4n) is 2.81. The van der Waals surface area contributed by atoms with Crippen LogP contribution in [-0.2, 0) is 0 Å². The Hall–Kier alpha value is -2.91. The van der Waals surface area contributed by atoms with E-state index in [1.165, 1.54) is 11.3 Å². The number of thiazole rings is 1. The summed E-state index contributed by atoms with van der Waals surface area (Å²) in [5.74, 6) is 0.810. The summed E-state index contributed by atoms with van der Waals surface area (Å²) in [7, 11) is 1.62. The molecule has 10 heteroatoms. The van der Waals surface area contributed by atoms with Gasteiger partial charge in [-0.05, 0) is 66.8 Å². The van der Waals surface area contributed by atoms with E-state index in [0.717, 1.165) is 17.0 Å². The number of benzene rings is 2. The number of ether oxygens (including phenoxy) is 1. The lowest BCUT2D eigenvalue weighted by molar-refractivity contribution is 0.0951. The fourth-order valence-corrected chi connectivity index (χ4v) is 4.29.